The average Bonchev–Trinajstić information content (AvgIpc) is 1.83. The summed E-state index contributed by atoms with van der Waals surface area (Å²) in [5, 5.41) is 9.38. The molecule has 1 saturated carbocycles. The van der Waals surface area contributed by atoms with E-state index in [1.54, 1.807) is 0 Å². The summed E-state index contributed by atoms with van der Waals surface area (Å²) in [4.78, 5) is 0. The van der Waals surface area contributed by atoms with Gasteiger partial charge in [-0.1, -0.05) is 45.2 Å². The van der Waals surface area contributed by atoms with Crippen LogP contribution in [-0.2, 0) is 0 Å². The van der Waals surface area contributed by atoms with E-state index >= 15 is 0 Å². The maximum absolute atomic E-state index is 9.38. The fourth-order valence-corrected chi connectivity index (χ4v) is 2.77. The molecule has 60 valence electrons. The van der Waals surface area contributed by atoms with E-state index in [9.17, 15) is 5.11 Å². The second-order valence-electron chi connectivity index (χ2n) is 2.75. The summed E-state index contributed by atoms with van der Waals surface area (Å²) >= 11 is 4.67. The Kier molecular flexibility index (Phi) is 3.22. The van der Waals surface area contributed by atoms with E-state index in [0.29, 0.717) is 0 Å². The molecular weight excluding hydrogens is 356 g/mol. The lowest BCUT2D eigenvalue weighted by atomic mass is 9.93. The highest BCUT2D eigenvalue weighted by molar-refractivity contribution is 14.2. The van der Waals surface area contributed by atoms with Crippen molar-refractivity contribution in [1.29, 1.82) is 0 Å². The lowest BCUT2D eigenvalue weighted by Crippen LogP contribution is -2.50. The molecule has 0 aliphatic heterocycles. The lowest BCUT2D eigenvalue weighted by molar-refractivity contribution is 0.112. The Morgan fingerprint density at radius 3 is 2.50 bits per heavy atom. The molecule has 0 aromatic rings. The van der Waals surface area contributed by atoms with Crippen LogP contribution in [-0.4, -0.2) is 18.7 Å². The van der Waals surface area contributed by atoms with Crippen LogP contribution in [0.3, 0.4) is 0 Å². The summed E-state index contributed by atoms with van der Waals surface area (Å²) in [6.07, 6.45) is 2.80. The maximum atomic E-state index is 9.38. The van der Waals surface area contributed by atoms with Gasteiger partial charge in [0.2, 0.25) is 0 Å². The molecule has 0 amide bonds. The van der Waals surface area contributed by atoms with E-state index in [1.807, 2.05) is 0 Å². The first kappa shape index (κ1) is 9.47. The van der Waals surface area contributed by atoms with Crippen molar-refractivity contribution in [3.8, 4) is 0 Å². The highest BCUT2D eigenvalue weighted by atomic mass is 127. The molecule has 0 saturated heterocycles. The zero-order chi connectivity index (χ0) is 7.78. The molecule has 4 heteroatoms. The molecule has 0 bridgehead atoms. The normalized spacial score (nSPS) is 39.6. The van der Waals surface area contributed by atoms with Gasteiger partial charge in [-0.2, -0.15) is 0 Å². The molecule has 1 aliphatic carbocycles. The van der Waals surface area contributed by atoms with Crippen LogP contribution >= 0.6 is 45.2 Å². The van der Waals surface area contributed by atoms with Crippen LogP contribution in [0.5, 0.6) is 0 Å². The minimum Gasteiger partial charge on any atom is -0.391 e. The van der Waals surface area contributed by atoms with Gasteiger partial charge in [0.1, 0.15) is 0 Å². The van der Waals surface area contributed by atoms with Gasteiger partial charge in [0, 0.05) is 0 Å². The summed E-state index contributed by atoms with van der Waals surface area (Å²) in [5.41, 5.74) is 5.79. The van der Waals surface area contributed by atoms with Crippen molar-refractivity contribution in [3.05, 3.63) is 0 Å². The average molecular weight is 367 g/mol. The van der Waals surface area contributed by atoms with Crippen LogP contribution < -0.4 is 5.73 Å². The Bertz CT molecular complexity index is 129. The second-order valence-corrected chi connectivity index (χ2v) is 8.66. The summed E-state index contributed by atoms with van der Waals surface area (Å²) in [6.45, 7) is 0. The number of hydrogen-bond acceptors (Lipinski definition) is 2. The minimum atomic E-state index is -0.289. The Morgan fingerprint density at radius 2 is 2.10 bits per heavy atom. The van der Waals surface area contributed by atoms with Gasteiger partial charge in [-0.25, -0.2) is 0 Å². The van der Waals surface area contributed by atoms with Crippen LogP contribution in [0.2, 0.25) is 0 Å². The molecule has 1 aliphatic rings. The van der Waals surface area contributed by atoms with Gasteiger partial charge in [0.15, 0.2) is 0 Å². The van der Waals surface area contributed by atoms with E-state index in [4.69, 9.17) is 5.73 Å². The molecule has 0 unspecified atom stereocenters. The summed E-state index contributed by atoms with van der Waals surface area (Å²) in [7, 11) is 0. The first-order chi connectivity index (χ1) is 4.54. The van der Waals surface area contributed by atoms with E-state index in [-0.39, 0.29) is 13.6 Å². The van der Waals surface area contributed by atoms with Crippen LogP contribution in [0, 0.1) is 0 Å². The van der Waals surface area contributed by atoms with Crippen LogP contribution in [0.15, 0.2) is 0 Å². The van der Waals surface area contributed by atoms with Gasteiger partial charge in [-0.15, -0.1) is 0 Å². The standard InChI is InChI=1S/C6H11I2NO/c7-6(8)3-1-2-4(10)5(6)9/h4-5,10H,1-3,9H2/t4-,5+/m0/s1. The molecule has 0 heterocycles. The Balaban J connectivity index is 2.60. The predicted octanol–water partition coefficient (Wildman–Crippen LogP) is 1.42. The molecule has 10 heavy (non-hydrogen) atoms. The quantitative estimate of drug-likeness (QED) is 0.503. The number of halogens is 2. The molecule has 0 radical (unpaired) electrons. The topological polar surface area (TPSA) is 46.2 Å². The Labute approximate surface area is 88.2 Å². The molecule has 0 spiro atoms. The third-order valence-electron chi connectivity index (χ3n) is 1.91. The van der Waals surface area contributed by atoms with Crippen molar-refractivity contribution in [2.45, 2.75) is 32.8 Å². The number of alkyl halides is 2. The first-order valence-corrected chi connectivity index (χ1v) is 5.51. The molecule has 1 fully saturated rings. The van der Waals surface area contributed by atoms with Crippen molar-refractivity contribution >= 4 is 45.2 Å². The first-order valence-electron chi connectivity index (χ1n) is 3.35. The zero-order valence-corrected chi connectivity index (χ0v) is 9.87. The molecular formula is C6H11I2NO. The number of rotatable bonds is 0. The van der Waals surface area contributed by atoms with Crippen LogP contribution in [0.4, 0.5) is 0 Å². The molecule has 2 nitrogen and oxygen atoms in total. The van der Waals surface area contributed by atoms with Crippen molar-refractivity contribution in [1.82, 2.24) is 0 Å². The summed E-state index contributed by atoms with van der Waals surface area (Å²) in [6, 6.07) is -0.0533. The predicted molar refractivity (Wildman–Crippen MR) is 58.6 cm³/mol. The number of aliphatic hydroxyl groups excluding tert-OH is 1. The number of aliphatic hydroxyl groups is 1. The lowest BCUT2D eigenvalue weighted by Gasteiger charge is -2.36. The molecule has 0 aromatic carbocycles. The number of nitrogens with two attached hydrogens (primary N) is 1. The molecule has 3 N–H and O–H groups in total. The Morgan fingerprint density at radius 1 is 1.50 bits per heavy atom. The summed E-state index contributed by atoms with van der Waals surface area (Å²) < 4.78 is 0.0766. The van der Waals surface area contributed by atoms with Crippen molar-refractivity contribution < 1.29 is 5.11 Å². The van der Waals surface area contributed by atoms with Crippen molar-refractivity contribution in [3.63, 3.8) is 0 Å². The largest absolute Gasteiger partial charge is 0.391 e. The third-order valence-corrected chi connectivity index (χ3v) is 4.43. The van der Waals surface area contributed by atoms with Gasteiger partial charge < -0.3 is 10.8 Å². The fourth-order valence-electron chi connectivity index (χ4n) is 1.17. The van der Waals surface area contributed by atoms with E-state index in [2.05, 4.69) is 45.2 Å². The number of hydrogen-bond donors (Lipinski definition) is 2. The SMILES string of the molecule is N[C@@H]1[C@@H](O)CCCC1(I)I. The maximum Gasteiger partial charge on any atom is 0.0909 e. The van der Waals surface area contributed by atoms with E-state index in [0.717, 1.165) is 19.3 Å². The van der Waals surface area contributed by atoms with Gasteiger partial charge >= 0.3 is 0 Å². The molecule has 1 rings (SSSR count). The van der Waals surface area contributed by atoms with Gasteiger partial charge in [-0.3, -0.25) is 0 Å². The van der Waals surface area contributed by atoms with Crippen molar-refractivity contribution in [2.24, 2.45) is 5.73 Å². The summed E-state index contributed by atoms with van der Waals surface area (Å²) in [5.74, 6) is 0. The van der Waals surface area contributed by atoms with Crippen LogP contribution in [0.1, 0.15) is 19.3 Å². The van der Waals surface area contributed by atoms with Crippen LogP contribution in [0.25, 0.3) is 0 Å². The molecule has 2 atom stereocenters. The monoisotopic (exact) mass is 367 g/mol. The van der Waals surface area contributed by atoms with Gasteiger partial charge in [0.05, 0.1) is 13.6 Å². The van der Waals surface area contributed by atoms with Gasteiger partial charge in [0.25, 0.3) is 0 Å². The van der Waals surface area contributed by atoms with E-state index < -0.39 is 0 Å². The zero-order valence-electron chi connectivity index (χ0n) is 5.56. The highest BCUT2D eigenvalue weighted by Gasteiger charge is 2.38. The third kappa shape index (κ3) is 1.95. The van der Waals surface area contributed by atoms with Gasteiger partial charge in [-0.05, 0) is 19.3 Å². The van der Waals surface area contributed by atoms with Crippen molar-refractivity contribution in [2.75, 3.05) is 0 Å². The Hall–Kier alpha value is 1.38. The minimum absolute atomic E-state index is 0.0533. The highest BCUT2D eigenvalue weighted by Crippen LogP contribution is 2.41. The second kappa shape index (κ2) is 3.40. The van der Waals surface area contributed by atoms with E-state index in [1.165, 1.54) is 0 Å². The fraction of sp³-hybridized carbons (Fsp3) is 1.00. The molecule has 0 aromatic heterocycles. The smallest absolute Gasteiger partial charge is 0.0909 e.